The molecule has 2 heterocycles. The van der Waals surface area contributed by atoms with E-state index in [0.29, 0.717) is 6.04 Å². The van der Waals surface area contributed by atoms with Crippen molar-refractivity contribution in [1.29, 1.82) is 0 Å². The van der Waals surface area contributed by atoms with E-state index < -0.39 is 0 Å². The molecule has 0 aliphatic carbocycles. The van der Waals surface area contributed by atoms with Crippen LogP contribution in [0.5, 0.6) is 0 Å². The Balaban J connectivity index is 1.52. The van der Waals surface area contributed by atoms with Gasteiger partial charge in [0.15, 0.2) is 0 Å². The minimum atomic E-state index is 0.453. The molecule has 0 atom stereocenters. The zero-order valence-electron chi connectivity index (χ0n) is 12.0. The molecule has 0 radical (unpaired) electrons. The SMILES string of the molecule is CN(CCN1CCCC1)CCN1CCC(N)CC1. The predicted octanol–water partition coefficient (Wildman–Crippen LogP) is 0.437. The van der Waals surface area contributed by atoms with E-state index in [-0.39, 0.29) is 0 Å². The van der Waals surface area contributed by atoms with Crippen molar-refractivity contribution < 1.29 is 0 Å². The summed E-state index contributed by atoms with van der Waals surface area (Å²) < 4.78 is 0. The molecule has 0 aromatic heterocycles. The van der Waals surface area contributed by atoms with E-state index in [1.165, 1.54) is 78.0 Å². The Morgan fingerprint density at radius 1 is 0.944 bits per heavy atom. The Bertz CT molecular complexity index is 220. The highest BCUT2D eigenvalue weighted by atomic mass is 15.2. The van der Waals surface area contributed by atoms with Crippen LogP contribution in [0.25, 0.3) is 0 Å². The molecule has 106 valence electrons. The van der Waals surface area contributed by atoms with Gasteiger partial charge in [-0.05, 0) is 58.9 Å². The Labute approximate surface area is 112 Å². The smallest absolute Gasteiger partial charge is 0.0109 e. The molecule has 2 N–H and O–H groups in total. The molecule has 0 spiro atoms. The van der Waals surface area contributed by atoms with E-state index >= 15 is 0 Å². The first-order valence-electron chi connectivity index (χ1n) is 7.63. The molecule has 4 heteroatoms. The highest BCUT2D eigenvalue weighted by Crippen LogP contribution is 2.08. The topological polar surface area (TPSA) is 35.7 Å². The van der Waals surface area contributed by atoms with E-state index in [4.69, 9.17) is 5.73 Å². The third-order valence-corrected chi connectivity index (χ3v) is 4.43. The van der Waals surface area contributed by atoms with Gasteiger partial charge in [0.1, 0.15) is 0 Å². The second-order valence-electron chi connectivity index (χ2n) is 6.03. The van der Waals surface area contributed by atoms with Crippen molar-refractivity contribution in [2.24, 2.45) is 5.73 Å². The lowest BCUT2D eigenvalue weighted by molar-refractivity contribution is 0.178. The van der Waals surface area contributed by atoms with Crippen LogP contribution in [-0.2, 0) is 0 Å². The van der Waals surface area contributed by atoms with E-state index in [1.807, 2.05) is 0 Å². The maximum Gasteiger partial charge on any atom is 0.0109 e. The molecule has 0 unspecified atom stereocenters. The summed E-state index contributed by atoms with van der Waals surface area (Å²) in [5.74, 6) is 0. The number of likely N-dealkylation sites (tertiary alicyclic amines) is 2. The minimum absolute atomic E-state index is 0.453. The number of piperidine rings is 1. The number of hydrogen-bond acceptors (Lipinski definition) is 4. The van der Waals surface area contributed by atoms with Gasteiger partial charge in [0, 0.05) is 32.2 Å². The van der Waals surface area contributed by atoms with Crippen LogP contribution in [-0.4, -0.2) is 80.1 Å². The Hall–Kier alpha value is -0.160. The standard InChI is InChI=1S/C14H30N4/c1-16(10-12-17-6-2-3-7-17)11-13-18-8-4-14(15)5-9-18/h14H,2-13,15H2,1H3. The highest BCUT2D eigenvalue weighted by molar-refractivity contribution is 4.75. The third-order valence-electron chi connectivity index (χ3n) is 4.43. The van der Waals surface area contributed by atoms with Crippen molar-refractivity contribution in [3.05, 3.63) is 0 Å². The van der Waals surface area contributed by atoms with Gasteiger partial charge in [-0.25, -0.2) is 0 Å². The molecular weight excluding hydrogens is 224 g/mol. The van der Waals surface area contributed by atoms with Gasteiger partial charge in [0.25, 0.3) is 0 Å². The molecule has 2 fully saturated rings. The lowest BCUT2D eigenvalue weighted by Crippen LogP contribution is -2.43. The maximum absolute atomic E-state index is 5.93. The lowest BCUT2D eigenvalue weighted by Gasteiger charge is -2.31. The van der Waals surface area contributed by atoms with Gasteiger partial charge in [-0.3, -0.25) is 0 Å². The molecule has 4 nitrogen and oxygen atoms in total. The molecule has 0 amide bonds. The predicted molar refractivity (Wildman–Crippen MR) is 76.8 cm³/mol. The summed E-state index contributed by atoms with van der Waals surface area (Å²) in [4.78, 5) is 7.64. The fourth-order valence-corrected chi connectivity index (χ4v) is 2.92. The van der Waals surface area contributed by atoms with Crippen molar-refractivity contribution in [1.82, 2.24) is 14.7 Å². The lowest BCUT2D eigenvalue weighted by atomic mass is 10.1. The fourth-order valence-electron chi connectivity index (χ4n) is 2.92. The van der Waals surface area contributed by atoms with Crippen LogP contribution in [0.15, 0.2) is 0 Å². The van der Waals surface area contributed by atoms with Crippen LogP contribution >= 0.6 is 0 Å². The van der Waals surface area contributed by atoms with E-state index in [2.05, 4.69) is 21.7 Å². The highest BCUT2D eigenvalue weighted by Gasteiger charge is 2.16. The molecule has 18 heavy (non-hydrogen) atoms. The van der Waals surface area contributed by atoms with Crippen LogP contribution in [0.2, 0.25) is 0 Å². The number of likely N-dealkylation sites (N-methyl/N-ethyl adjacent to an activating group) is 1. The Kier molecular flexibility index (Phi) is 5.89. The summed E-state index contributed by atoms with van der Waals surface area (Å²) >= 11 is 0. The zero-order chi connectivity index (χ0) is 12.8. The first-order chi connectivity index (χ1) is 8.74. The van der Waals surface area contributed by atoms with Crippen molar-refractivity contribution >= 4 is 0 Å². The monoisotopic (exact) mass is 254 g/mol. The second kappa shape index (κ2) is 7.43. The molecule has 0 saturated carbocycles. The zero-order valence-corrected chi connectivity index (χ0v) is 12.0. The van der Waals surface area contributed by atoms with Gasteiger partial charge in [-0.15, -0.1) is 0 Å². The first-order valence-corrected chi connectivity index (χ1v) is 7.63. The van der Waals surface area contributed by atoms with Gasteiger partial charge >= 0.3 is 0 Å². The largest absolute Gasteiger partial charge is 0.328 e. The molecule has 0 bridgehead atoms. The van der Waals surface area contributed by atoms with Gasteiger partial charge in [-0.2, -0.15) is 0 Å². The summed E-state index contributed by atoms with van der Waals surface area (Å²) in [6.07, 6.45) is 5.16. The van der Waals surface area contributed by atoms with Gasteiger partial charge < -0.3 is 20.4 Å². The van der Waals surface area contributed by atoms with Crippen LogP contribution in [0, 0.1) is 0 Å². The third kappa shape index (κ3) is 4.84. The van der Waals surface area contributed by atoms with Crippen molar-refractivity contribution in [3.63, 3.8) is 0 Å². The molecule has 2 aliphatic heterocycles. The molecular formula is C14H30N4. The quantitative estimate of drug-likeness (QED) is 0.746. The molecule has 0 aromatic rings. The summed E-state index contributed by atoms with van der Waals surface area (Å²) in [5.41, 5.74) is 5.93. The maximum atomic E-state index is 5.93. The van der Waals surface area contributed by atoms with Crippen molar-refractivity contribution in [2.45, 2.75) is 31.7 Å². The molecule has 2 rings (SSSR count). The Morgan fingerprint density at radius 2 is 1.44 bits per heavy atom. The van der Waals surface area contributed by atoms with Gasteiger partial charge in [0.05, 0.1) is 0 Å². The van der Waals surface area contributed by atoms with Gasteiger partial charge in [-0.1, -0.05) is 0 Å². The van der Waals surface area contributed by atoms with Crippen LogP contribution < -0.4 is 5.73 Å². The van der Waals surface area contributed by atoms with Crippen molar-refractivity contribution in [2.75, 3.05) is 59.4 Å². The van der Waals surface area contributed by atoms with Gasteiger partial charge in [0.2, 0.25) is 0 Å². The Morgan fingerprint density at radius 3 is 2.00 bits per heavy atom. The molecule has 2 saturated heterocycles. The number of nitrogens with two attached hydrogens (primary N) is 1. The summed E-state index contributed by atoms with van der Waals surface area (Å²) in [6, 6.07) is 0.453. The van der Waals surface area contributed by atoms with E-state index in [1.54, 1.807) is 0 Å². The van der Waals surface area contributed by atoms with Crippen LogP contribution in [0.4, 0.5) is 0 Å². The minimum Gasteiger partial charge on any atom is -0.328 e. The molecule has 0 aromatic carbocycles. The fraction of sp³-hybridized carbons (Fsp3) is 1.00. The van der Waals surface area contributed by atoms with Crippen molar-refractivity contribution in [3.8, 4) is 0 Å². The number of rotatable bonds is 6. The van der Waals surface area contributed by atoms with E-state index in [0.717, 1.165) is 0 Å². The number of hydrogen-bond donors (Lipinski definition) is 1. The average molecular weight is 254 g/mol. The summed E-state index contributed by atoms with van der Waals surface area (Å²) in [5, 5.41) is 0. The first kappa shape index (κ1) is 14.3. The average Bonchev–Trinajstić information content (AvgIpc) is 2.89. The van der Waals surface area contributed by atoms with Crippen LogP contribution in [0.3, 0.4) is 0 Å². The second-order valence-corrected chi connectivity index (χ2v) is 6.03. The summed E-state index contributed by atoms with van der Waals surface area (Å²) in [6.45, 7) is 9.90. The molecule has 2 aliphatic rings. The van der Waals surface area contributed by atoms with Crippen LogP contribution in [0.1, 0.15) is 25.7 Å². The van der Waals surface area contributed by atoms with E-state index in [9.17, 15) is 0 Å². The normalized spacial score (nSPS) is 24.2. The number of nitrogens with zero attached hydrogens (tertiary/aromatic N) is 3. The summed E-state index contributed by atoms with van der Waals surface area (Å²) in [7, 11) is 2.26.